The molecule has 0 aliphatic rings. The van der Waals surface area contributed by atoms with Crippen molar-refractivity contribution in [2.75, 3.05) is 0 Å². The number of hydrogen-bond acceptors (Lipinski definition) is 3. The first-order valence-corrected chi connectivity index (χ1v) is 8.79. The van der Waals surface area contributed by atoms with Crippen LogP contribution < -0.4 is 10.9 Å². The van der Waals surface area contributed by atoms with Gasteiger partial charge in [-0.3, -0.25) is 4.79 Å². The second-order valence-corrected chi connectivity index (χ2v) is 7.19. The summed E-state index contributed by atoms with van der Waals surface area (Å²) in [7, 11) is 0. The molecule has 0 aliphatic carbocycles. The molecule has 0 spiro atoms. The Kier molecular flexibility index (Phi) is 4.87. The Labute approximate surface area is 155 Å². The van der Waals surface area contributed by atoms with Crippen LogP contribution >= 0.6 is 31.9 Å². The van der Waals surface area contributed by atoms with Crippen molar-refractivity contribution < 1.29 is 9.21 Å². The number of rotatable bonds is 3. The normalized spacial score (nSPS) is 10.8. The van der Waals surface area contributed by atoms with Gasteiger partial charge in [-0.1, -0.05) is 45.8 Å². The summed E-state index contributed by atoms with van der Waals surface area (Å²) in [6.45, 7) is 2.34. The average molecular weight is 451 g/mol. The van der Waals surface area contributed by atoms with Crippen molar-refractivity contribution in [2.45, 2.75) is 13.5 Å². The number of hydrogen-bond donors (Lipinski definition) is 1. The number of amides is 1. The summed E-state index contributed by atoms with van der Waals surface area (Å²) in [4.78, 5) is 24.4. The van der Waals surface area contributed by atoms with Gasteiger partial charge in [0.2, 0.25) is 0 Å². The van der Waals surface area contributed by atoms with E-state index < -0.39 is 11.5 Å². The van der Waals surface area contributed by atoms with E-state index in [-0.39, 0.29) is 5.56 Å². The summed E-state index contributed by atoms with van der Waals surface area (Å²) >= 11 is 6.73. The van der Waals surface area contributed by atoms with Crippen molar-refractivity contribution in [3.63, 3.8) is 0 Å². The van der Waals surface area contributed by atoms with E-state index >= 15 is 0 Å². The highest BCUT2D eigenvalue weighted by Crippen LogP contribution is 2.27. The Bertz CT molecular complexity index is 978. The van der Waals surface area contributed by atoms with Crippen LogP contribution in [0.15, 0.2) is 60.6 Å². The highest BCUT2D eigenvalue weighted by molar-refractivity contribution is 9.11. The van der Waals surface area contributed by atoms with Crippen LogP contribution in [-0.2, 0) is 6.54 Å². The standard InChI is InChI=1S/C18H13Br2NO3/c1-10-2-4-11(5-3-10)9-21-17(22)14-7-12-6-13(19)8-15(20)16(12)24-18(14)23/h2-8H,9H2,1H3,(H,21,22). The molecule has 1 heterocycles. The third-order valence-corrected chi connectivity index (χ3v) is 4.62. The maximum absolute atomic E-state index is 12.3. The second kappa shape index (κ2) is 6.91. The smallest absolute Gasteiger partial charge is 0.349 e. The van der Waals surface area contributed by atoms with Gasteiger partial charge in [-0.2, -0.15) is 0 Å². The molecule has 0 radical (unpaired) electrons. The van der Waals surface area contributed by atoms with Crippen molar-refractivity contribution in [3.8, 4) is 0 Å². The molecule has 122 valence electrons. The number of carbonyl (C=O) groups excluding carboxylic acids is 1. The number of nitrogens with one attached hydrogen (secondary N) is 1. The van der Waals surface area contributed by atoms with Crippen LogP contribution in [0, 0.1) is 6.92 Å². The third-order valence-electron chi connectivity index (χ3n) is 3.57. The fourth-order valence-corrected chi connectivity index (χ4v) is 3.64. The van der Waals surface area contributed by atoms with E-state index in [0.717, 1.165) is 15.6 Å². The van der Waals surface area contributed by atoms with Crippen LogP contribution in [0.4, 0.5) is 0 Å². The molecule has 1 N–H and O–H groups in total. The first-order valence-electron chi connectivity index (χ1n) is 7.20. The zero-order valence-electron chi connectivity index (χ0n) is 12.7. The summed E-state index contributed by atoms with van der Waals surface area (Å²) in [6.07, 6.45) is 0. The summed E-state index contributed by atoms with van der Waals surface area (Å²) in [5.74, 6) is -0.456. The number of halogens is 2. The predicted octanol–water partition coefficient (Wildman–Crippen LogP) is 4.56. The monoisotopic (exact) mass is 449 g/mol. The molecule has 24 heavy (non-hydrogen) atoms. The van der Waals surface area contributed by atoms with E-state index in [1.807, 2.05) is 31.2 Å². The molecule has 3 rings (SSSR count). The van der Waals surface area contributed by atoms with Crippen molar-refractivity contribution >= 4 is 48.7 Å². The van der Waals surface area contributed by atoms with Crippen molar-refractivity contribution in [1.29, 1.82) is 0 Å². The maximum atomic E-state index is 12.3. The van der Waals surface area contributed by atoms with Gasteiger partial charge in [0.1, 0.15) is 5.56 Å². The maximum Gasteiger partial charge on any atom is 0.349 e. The zero-order chi connectivity index (χ0) is 17.3. The lowest BCUT2D eigenvalue weighted by molar-refractivity contribution is 0.0947. The Hall–Kier alpha value is -1.92. The molecule has 0 atom stereocenters. The molecule has 0 saturated heterocycles. The molecule has 1 amide bonds. The van der Waals surface area contributed by atoms with E-state index in [1.165, 1.54) is 0 Å². The fourth-order valence-electron chi connectivity index (χ4n) is 2.30. The Balaban J connectivity index is 1.88. The van der Waals surface area contributed by atoms with Crippen molar-refractivity contribution in [1.82, 2.24) is 5.32 Å². The van der Waals surface area contributed by atoms with Gasteiger partial charge in [0, 0.05) is 16.4 Å². The Morgan fingerprint density at radius 3 is 2.54 bits per heavy atom. The van der Waals surface area contributed by atoms with Crippen LogP contribution in [0.2, 0.25) is 0 Å². The highest BCUT2D eigenvalue weighted by atomic mass is 79.9. The number of benzene rings is 2. The van der Waals surface area contributed by atoms with E-state index in [9.17, 15) is 9.59 Å². The molecule has 4 nitrogen and oxygen atoms in total. The second-order valence-electron chi connectivity index (χ2n) is 5.42. The van der Waals surface area contributed by atoms with Crippen LogP contribution in [0.1, 0.15) is 21.5 Å². The molecule has 3 aromatic rings. The van der Waals surface area contributed by atoms with E-state index in [2.05, 4.69) is 37.2 Å². The van der Waals surface area contributed by atoms with Gasteiger partial charge in [-0.15, -0.1) is 0 Å². The van der Waals surface area contributed by atoms with Gasteiger partial charge in [0.15, 0.2) is 5.58 Å². The minimum absolute atomic E-state index is 0.0142. The zero-order valence-corrected chi connectivity index (χ0v) is 15.9. The summed E-state index contributed by atoms with van der Waals surface area (Å²) < 4.78 is 6.75. The summed E-state index contributed by atoms with van der Waals surface area (Å²) in [5, 5.41) is 3.41. The van der Waals surface area contributed by atoms with Crippen molar-refractivity contribution in [3.05, 3.63) is 78.5 Å². The van der Waals surface area contributed by atoms with E-state index in [4.69, 9.17) is 4.42 Å². The molecule has 0 unspecified atom stereocenters. The highest BCUT2D eigenvalue weighted by Gasteiger charge is 2.15. The topological polar surface area (TPSA) is 59.3 Å². The Morgan fingerprint density at radius 2 is 1.83 bits per heavy atom. The first-order chi connectivity index (χ1) is 11.4. The quantitative estimate of drug-likeness (QED) is 0.595. The molecular weight excluding hydrogens is 438 g/mol. The minimum Gasteiger partial charge on any atom is -0.421 e. The lowest BCUT2D eigenvalue weighted by atomic mass is 10.1. The first kappa shape index (κ1) is 16.9. The van der Waals surface area contributed by atoms with Crippen molar-refractivity contribution in [2.24, 2.45) is 0 Å². The molecule has 0 saturated carbocycles. The van der Waals surface area contributed by atoms with E-state index in [1.54, 1.807) is 18.2 Å². The Morgan fingerprint density at radius 1 is 1.12 bits per heavy atom. The van der Waals surface area contributed by atoms with Gasteiger partial charge in [0.25, 0.3) is 5.91 Å². The van der Waals surface area contributed by atoms with Crippen LogP contribution in [-0.4, -0.2) is 5.91 Å². The van der Waals surface area contributed by atoms with Crippen LogP contribution in [0.25, 0.3) is 11.0 Å². The fraction of sp³-hybridized carbons (Fsp3) is 0.111. The molecule has 6 heteroatoms. The molecule has 1 aromatic heterocycles. The SMILES string of the molecule is Cc1ccc(CNC(=O)c2cc3cc(Br)cc(Br)c3oc2=O)cc1. The lowest BCUT2D eigenvalue weighted by Crippen LogP contribution is -2.27. The van der Waals surface area contributed by atoms with Crippen LogP contribution in [0.5, 0.6) is 0 Å². The molecule has 0 aliphatic heterocycles. The molecule has 0 bridgehead atoms. The van der Waals surface area contributed by atoms with Gasteiger partial charge >= 0.3 is 5.63 Å². The third kappa shape index (κ3) is 3.60. The van der Waals surface area contributed by atoms with Gasteiger partial charge < -0.3 is 9.73 Å². The molecule has 2 aromatic carbocycles. The minimum atomic E-state index is -0.660. The van der Waals surface area contributed by atoms with Gasteiger partial charge in [-0.05, 0) is 46.6 Å². The lowest BCUT2D eigenvalue weighted by Gasteiger charge is -2.07. The number of carbonyl (C=O) groups is 1. The van der Waals surface area contributed by atoms with Gasteiger partial charge in [-0.25, -0.2) is 4.79 Å². The largest absolute Gasteiger partial charge is 0.421 e. The average Bonchev–Trinajstić information content (AvgIpc) is 2.54. The molecular formula is C18H13Br2NO3. The molecule has 0 fully saturated rings. The summed E-state index contributed by atoms with van der Waals surface area (Å²) in [6, 6.07) is 12.9. The van der Waals surface area contributed by atoms with Gasteiger partial charge in [0.05, 0.1) is 4.47 Å². The predicted molar refractivity (Wildman–Crippen MR) is 100 cm³/mol. The summed E-state index contributed by atoms with van der Waals surface area (Å²) in [5.41, 5.74) is 1.85. The van der Waals surface area contributed by atoms with E-state index in [0.29, 0.717) is 22.0 Å². The van der Waals surface area contributed by atoms with Crippen LogP contribution in [0.3, 0.4) is 0 Å². The number of aryl methyl sites for hydroxylation is 1. The number of fused-ring (bicyclic) bond motifs is 1.